The molecule has 0 aromatic heterocycles. The van der Waals surface area contributed by atoms with Crippen LogP contribution in [0.1, 0.15) is 13.8 Å². The molecular weight excluding hydrogens is 379 g/mol. The molecular formula is C5H14N2O4PtS. The van der Waals surface area contributed by atoms with E-state index in [2.05, 4.69) is 4.18 Å². The first-order valence-corrected chi connectivity index (χ1v) is 4.67. The van der Waals surface area contributed by atoms with Gasteiger partial charge in [-0.3, -0.25) is 4.55 Å². The Bertz CT molecular complexity index is 241. The number of rotatable bonds is 4. The van der Waals surface area contributed by atoms with Crippen LogP contribution in [0.2, 0.25) is 0 Å². The normalized spacial score (nSPS) is 14.8. The van der Waals surface area contributed by atoms with Gasteiger partial charge in [0.05, 0.1) is 0 Å². The fraction of sp³-hybridized carbons (Fsp3) is 1.00. The van der Waals surface area contributed by atoms with Crippen molar-refractivity contribution < 1.29 is 38.2 Å². The molecule has 0 aliphatic heterocycles. The molecule has 0 amide bonds. The fourth-order valence-electron chi connectivity index (χ4n) is 0.377. The second-order valence-electron chi connectivity index (χ2n) is 3.14. The summed E-state index contributed by atoms with van der Waals surface area (Å²) in [6.07, 6.45) is -1.14. The maximum Gasteiger partial charge on any atom is 0.398 e. The van der Waals surface area contributed by atoms with Gasteiger partial charge in [-0.25, -0.2) is 4.18 Å². The third-order valence-corrected chi connectivity index (χ3v) is 1.97. The van der Waals surface area contributed by atoms with Gasteiger partial charge in [-0.05, 0) is 0 Å². The summed E-state index contributed by atoms with van der Waals surface area (Å²) in [5, 5.41) is 0. The Morgan fingerprint density at radius 2 is 1.92 bits per heavy atom. The van der Waals surface area contributed by atoms with Gasteiger partial charge in [-0.2, -0.15) is 8.42 Å². The van der Waals surface area contributed by atoms with Crippen LogP contribution in [0, 0.1) is 5.41 Å². The summed E-state index contributed by atoms with van der Waals surface area (Å²) >= 11 is 0. The van der Waals surface area contributed by atoms with E-state index >= 15 is 0 Å². The topological polar surface area (TPSA) is 116 Å². The van der Waals surface area contributed by atoms with Crippen molar-refractivity contribution in [2.75, 3.05) is 6.54 Å². The molecule has 6 nitrogen and oxygen atoms in total. The molecule has 0 spiro atoms. The summed E-state index contributed by atoms with van der Waals surface area (Å²) in [7, 11) is -4.50. The van der Waals surface area contributed by atoms with E-state index in [9.17, 15) is 8.42 Å². The van der Waals surface area contributed by atoms with Crippen molar-refractivity contribution in [1.82, 2.24) is 0 Å². The Labute approximate surface area is 92.2 Å². The van der Waals surface area contributed by atoms with Crippen LogP contribution in [0.4, 0.5) is 0 Å². The molecule has 0 aromatic carbocycles. The molecule has 0 heterocycles. The van der Waals surface area contributed by atoms with E-state index in [1.54, 1.807) is 13.8 Å². The molecule has 0 saturated carbocycles. The van der Waals surface area contributed by atoms with E-state index in [1.165, 1.54) is 0 Å². The minimum absolute atomic E-state index is 0. The number of hydrogen-bond acceptors (Lipinski definition) is 5. The predicted molar refractivity (Wildman–Crippen MR) is 43.4 cm³/mol. The van der Waals surface area contributed by atoms with Crippen molar-refractivity contribution in [3.63, 3.8) is 0 Å². The van der Waals surface area contributed by atoms with Gasteiger partial charge < -0.3 is 11.5 Å². The second-order valence-corrected chi connectivity index (χ2v) is 4.19. The summed E-state index contributed by atoms with van der Waals surface area (Å²) in [5.41, 5.74) is 9.90. The fourth-order valence-corrected chi connectivity index (χ4v) is 0.900. The molecule has 0 saturated heterocycles. The summed E-state index contributed by atoms with van der Waals surface area (Å²) < 4.78 is 32.8. The van der Waals surface area contributed by atoms with Crippen LogP contribution in [0.25, 0.3) is 0 Å². The first-order valence-electron chi connectivity index (χ1n) is 3.30. The van der Waals surface area contributed by atoms with Crippen molar-refractivity contribution >= 4 is 10.4 Å². The van der Waals surface area contributed by atoms with Crippen LogP contribution < -0.4 is 11.5 Å². The van der Waals surface area contributed by atoms with Gasteiger partial charge in [0, 0.05) is 33.0 Å². The van der Waals surface area contributed by atoms with Gasteiger partial charge >= 0.3 is 10.4 Å². The second kappa shape index (κ2) is 5.38. The van der Waals surface area contributed by atoms with E-state index in [1.807, 2.05) is 0 Å². The Morgan fingerprint density at radius 3 is 2.15 bits per heavy atom. The molecule has 0 rings (SSSR count). The standard InChI is InChI=1S/C5H14N2O4S.Pt/c1-5(2,3-6)4(7)11-12(8,9)10;/h4H,3,6-7H2,1-2H3,(H,8,9,10);. The van der Waals surface area contributed by atoms with Gasteiger partial charge in [-0.1, -0.05) is 13.8 Å². The smallest absolute Gasteiger partial charge is 0.330 e. The van der Waals surface area contributed by atoms with Crippen molar-refractivity contribution in [2.45, 2.75) is 20.1 Å². The molecule has 0 aromatic rings. The van der Waals surface area contributed by atoms with Crippen molar-refractivity contribution in [3.05, 3.63) is 0 Å². The SMILES string of the molecule is CC(C)(CN)C(N)OS(=O)(=O)O.[Pt]. The number of hydrogen-bond donors (Lipinski definition) is 3. The minimum Gasteiger partial charge on any atom is -0.330 e. The Balaban J connectivity index is 0. The van der Waals surface area contributed by atoms with Crippen LogP contribution in [-0.2, 0) is 35.6 Å². The van der Waals surface area contributed by atoms with Gasteiger partial charge in [-0.15, -0.1) is 0 Å². The zero-order chi connectivity index (χ0) is 9.99. The van der Waals surface area contributed by atoms with E-state index in [4.69, 9.17) is 16.0 Å². The summed E-state index contributed by atoms with van der Waals surface area (Å²) in [4.78, 5) is 0. The van der Waals surface area contributed by atoms with Crippen LogP contribution in [0.5, 0.6) is 0 Å². The molecule has 0 bridgehead atoms. The van der Waals surface area contributed by atoms with E-state index in [0.29, 0.717) is 0 Å². The average molecular weight is 393 g/mol. The Morgan fingerprint density at radius 1 is 1.54 bits per heavy atom. The molecule has 1 atom stereocenters. The maximum absolute atomic E-state index is 10.2. The first kappa shape index (κ1) is 15.9. The molecule has 13 heavy (non-hydrogen) atoms. The summed E-state index contributed by atoms with van der Waals surface area (Å²) in [6.45, 7) is 3.41. The van der Waals surface area contributed by atoms with Crippen LogP contribution in [0.3, 0.4) is 0 Å². The largest absolute Gasteiger partial charge is 0.398 e. The Hall–Kier alpha value is 0.478. The van der Waals surface area contributed by atoms with Gasteiger partial charge in [0.15, 0.2) is 0 Å². The molecule has 0 aliphatic rings. The van der Waals surface area contributed by atoms with E-state index < -0.39 is 22.0 Å². The third kappa shape index (κ3) is 6.54. The van der Waals surface area contributed by atoms with Crippen LogP contribution >= 0.6 is 0 Å². The molecule has 0 radical (unpaired) electrons. The van der Waals surface area contributed by atoms with Gasteiger partial charge in [0.2, 0.25) is 0 Å². The maximum atomic E-state index is 10.2. The predicted octanol–water partition coefficient (Wildman–Crippen LogP) is -0.927. The Kier molecular flexibility index (Phi) is 6.59. The average Bonchev–Trinajstić information content (AvgIpc) is 1.84. The third-order valence-electron chi connectivity index (χ3n) is 1.52. The van der Waals surface area contributed by atoms with Crippen LogP contribution in [-0.4, -0.2) is 25.7 Å². The number of nitrogens with two attached hydrogens (primary N) is 2. The zero-order valence-electron chi connectivity index (χ0n) is 7.34. The molecule has 0 aliphatic carbocycles. The summed E-state index contributed by atoms with van der Waals surface area (Å²) in [6, 6.07) is 0. The van der Waals surface area contributed by atoms with Crippen molar-refractivity contribution in [1.29, 1.82) is 0 Å². The van der Waals surface area contributed by atoms with Crippen molar-refractivity contribution in [2.24, 2.45) is 16.9 Å². The molecule has 8 heteroatoms. The zero-order valence-corrected chi connectivity index (χ0v) is 10.4. The van der Waals surface area contributed by atoms with Gasteiger partial charge in [0.25, 0.3) is 0 Å². The monoisotopic (exact) mass is 393 g/mol. The first-order chi connectivity index (χ1) is 5.19. The minimum atomic E-state index is -4.50. The molecule has 0 fully saturated rings. The molecule has 84 valence electrons. The van der Waals surface area contributed by atoms with E-state index in [0.717, 1.165) is 0 Å². The summed E-state index contributed by atoms with van der Waals surface area (Å²) in [5.74, 6) is 0. The van der Waals surface area contributed by atoms with E-state index in [-0.39, 0.29) is 27.6 Å². The quantitative estimate of drug-likeness (QED) is 0.420. The molecule has 1 unspecified atom stereocenters. The van der Waals surface area contributed by atoms with Crippen molar-refractivity contribution in [3.8, 4) is 0 Å². The van der Waals surface area contributed by atoms with Crippen LogP contribution in [0.15, 0.2) is 0 Å². The molecule has 5 N–H and O–H groups in total. The van der Waals surface area contributed by atoms with Gasteiger partial charge in [0.1, 0.15) is 6.23 Å².